The summed E-state index contributed by atoms with van der Waals surface area (Å²) in [6.45, 7) is 97.4. The van der Waals surface area contributed by atoms with Crippen molar-refractivity contribution in [1.29, 1.82) is 0 Å². The molecule has 718 valence electrons. The first-order valence-corrected chi connectivity index (χ1v) is 48.5. The molecule has 0 saturated carbocycles. The average Bonchev–Trinajstić information content (AvgIpc) is 0.886. The molecule has 0 aromatic carbocycles. The van der Waals surface area contributed by atoms with Crippen LogP contribution in [0.5, 0.6) is 0 Å². The van der Waals surface area contributed by atoms with Crippen LogP contribution in [-0.2, 0) is 0 Å². The Labute approximate surface area is 739 Å². The largest absolute Gasteiger partial charge is 0.329 e. The van der Waals surface area contributed by atoms with Gasteiger partial charge in [-0.15, -0.1) is 0 Å². The van der Waals surface area contributed by atoms with Crippen LogP contribution in [0.15, 0.2) is 0 Å². The molecule has 2 atom stereocenters. The van der Waals surface area contributed by atoms with E-state index >= 15 is 0 Å². The molecule has 26 N–H and O–H groups in total. The summed E-state index contributed by atoms with van der Waals surface area (Å²) in [6, 6.07) is 0.466. The van der Waals surface area contributed by atoms with Crippen molar-refractivity contribution in [3.8, 4) is 0 Å². The molecular formula is C87H205N33. The van der Waals surface area contributed by atoms with Crippen LogP contribution in [0.3, 0.4) is 0 Å². The van der Waals surface area contributed by atoms with Gasteiger partial charge in [-0.2, -0.15) is 0 Å². The standard InChI is InChI=1S/C87H205N33/c1-83(2)108-51-69-116-67-44-103-40-59-112-57-38-102-39-58-113(62-43-106-50-72-119(86(9,10)11)74-52-109-84(3,4)5)61-42-105-48-70-118(85(6,7)8)71-49-107-45-66-114(63-34-93-20-16-89)77-75-111(54-18-91)56-35-98-29-25-95-23-21-94-22-24-96-26-30-99-36-64-115(65-37-100-31-27-97-28-32-101-47-73-120(82-81-116)87(12,13)14)78-80-117(68-46-104-41-60-112)79-76-110(53-17-90)55-33-92-19-15-88/h83,92-109H,15-82,88-91H2,1-14H3. The lowest BCUT2D eigenvalue weighted by Gasteiger charge is -2.37. The lowest BCUT2D eigenvalue weighted by molar-refractivity contribution is 0.115. The van der Waals surface area contributed by atoms with Gasteiger partial charge in [0.25, 0.3) is 0 Å². The minimum Gasteiger partial charge on any atom is -0.329 e. The molecule has 0 aliphatic carbocycles. The molecule has 2 heterocycles. The molecule has 0 aromatic rings. The highest BCUT2D eigenvalue weighted by molar-refractivity contribution is 4.84. The number of nitrogens with one attached hydrogen (secondary N) is 18. The predicted octanol–water partition coefficient (Wildman–Crippen LogP) is -5.61. The first kappa shape index (κ1) is 115. The number of hydrogen-bond donors (Lipinski definition) is 22. The second-order valence-electron chi connectivity index (χ2n) is 37.6. The highest BCUT2D eigenvalue weighted by Crippen LogP contribution is 2.15. The van der Waals surface area contributed by atoms with Gasteiger partial charge in [0.05, 0.1) is 0 Å². The molecule has 0 amide bonds. The van der Waals surface area contributed by atoms with Gasteiger partial charge >= 0.3 is 0 Å². The van der Waals surface area contributed by atoms with Crippen LogP contribution in [0.1, 0.15) is 96.9 Å². The van der Waals surface area contributed by atoms with Crippen LogP contribution in [-0.4, -0.2) is 527 Å². The second kappa shape index (κ2) is 76.5. The summed E-state index contributed by atoms with van der Waals surface area (Å²) >= 11 is 0. The average molecular weight is 1710 g/mol. The van der Waals surface area contributed by atoms with E-state index in [1.54, 1.807) is 0 Å². The lowest BCUT2D eigenvalue weighted by atomic mass is 10.1. The summed E-state index contributed by atoms with van der Waals surface area (Å²) in [5, 5.41) is 67.8. The smallest absolute Gasteiger partial charge is 0.0126 e. The number of rotatable bonds is 30. The number of nitrogens with zero attached hydrogens (tertiary/aromatic N) is 11. The van der Waals surface area contributed by atoms with Crippen molar-refractivity contribution in [1.82, 2.24) is 150 Å². The minimum absolute atomic E-state index is 0.0523. The molecule has 0 radical (unpaired) electrons. The molecule has 2 rings (SSSR count). The molecule has 2 bridgehead atoms. The quantitative estimate of drug-likeness (QED) is 0.0236. The van der Waals surface area contributed by atoms with E-state index in [2.05, 4.69) is 247 Å². The number of nitrogens with two attached hydrogens (primary N) is 4. The molecule has 2 aliphatic rings. The van der Waals surface area contributed by atoms with Crippen LogP contribution in [0.2, 0.25) is 0 Å². The van der Waals surface area contributed by atoms with Gasteiger partial charge in [0.1, 0.15) is 0 Å². The van der Waals surface area contributed by atoms with Crippen molar-refractivity contribution in [2.75, 3.05) is 445 Å². The normalized spacial score (nSPS) is 22.2. The van der Waals surface area contributed by atoms with E-state index in [0.29, 0.717) is 32.2 Å². The van der Waals surface area contributed by atoms with E-state index in [9.17, 15) is 0 Å². The van der Waals surface area contributed by atoms with Crippen molar-refractivity contribution in [2.24, 2.45) is 22.9 Å². The third-order valence-corrected chi connectivity index (χ3v) is 22.9. The van der Waals surface area contributed by atoms with E-state index in [-0.39, 0.29) is 22.2 Å². The topological polar surface area (TPSA) is 356 Å². The summed E-state index contributed by atoms with van der Waals surface area (Å²) in [7, 11) is 0. The molecule has 2 saturated heterocycles. The third kappa shape index (κ3) is 69.7. The Morgan fingerprint density at radius 3 is 0.942 bits per heavy atom. The third-order valence-electron chi connectivity index (χ3n) is 22.9. The van der Waals surface area contributed by atoms with Crippen LogP contribution < -0.4 is 119 Å². The highest BCUT2D eigenvalue weighted by atomic mass is 15.3. The highest BCUT2D eigenvalue weighted by Gasteiger charge is 2.25. The fraction of sp³-hybridized carbons (Fsp3) is 1.00. The Balaban J connectivity index is 2.51. The summed E-state index contributed by atoms with van der Waals surface area (Å²) in [5.41, 5.74) is 24.6. The Morgan fingerprint density at radius 1 is 0.267 bits per heavy atom. The number of hydrogen-bond acceptors (Lipinski definition) is 33. The Kier molecular flexibility index (Phi) is 73.2. The van der Waals surface area contributed by atoms with Gasteiger partial charge in [-0.05, 0) is 83.1 Å². The first-order valence-electron chi connectivity index (χ1n) is 48.5. The predicted molar refractivity (Wildman–Crippen MR) is 519 cm³/mol. The monoisotopic (exact) mass is 1710 g/mol. The fourth-order valence-electron chi connectivity index (χ4n) is 15.0. The van der Waals surface area contributed by atoms with Gasteiger partial charge in [-0.3, -0.25) is 53.9 Å². The SMILES string of the molecule is CC(C)NCCN1CCNCCN2CCNCCN(CCNCCN(CCNC(C)(C)C)C(C)(C)C)CCNCCN(C(C)(C)C)CCNCCN(CCNCCN)CCN(CCN)CCNCCNCCNCCNCCNCCN(CCNCCNCCNCCN(C(C)(C)C)CC1)CCN(CCN(CCN)CCNCCN)CCNCC2. The molecule has 120 heavy (non-hydrogen) atoms. The Hall–Kier alpha value is -1.32. The number of fused-ring (bicyclic) bond motifs is 9. The Morgan fingerprint density at radius 2 is 0.567 bits per heavy atom. The molecule has 2 aliphatic heterocycles. The molecule has 2 fully saturated rings. The zero-order valence-corrected chi connectivity index (χ0v) is 80.9. The molecule has 2 unspecified atom stereocenters. The van der Waals surface area contributed by atoms with Crippen molar-refractivity contribution in [2.45, 2.75) is 125 Å². The van der Waals surface area contributed by atoms with E-state index in [1.165, 1.54) is 0 Å². The van der Waals surface area contributed by atoms with Crippen LogP contribution in [0.4, 0.5) is 0 Å². The molecule has 33 nitrogen and oxygen atoms in total. The van der Waals surface area contributed by atoms with Gasteiger partial charge in [0, 0.05) is 473 Å². The molecule has 33 heteroatoms. The van der Waals surface area contributed by atoms with Gasteiger partial charge < -0.3 is 119 Å². The van der Waals surface area contributed by atoms with Crippen LogP contribution in [0, 0.1) is 0 Å². The molecule has 0 spiro atoms. The lowest BCUT2D eigenvalue weighted by Crippen LogP contribution is -2.50. The van der Waals surface area contributed by atoms with Crippen molar-refractivity contribution < 1.29 is 0 Å². The zero-order valence-electron chi connectivity index (χ0n) is 80.9. The van der Waals surface area contributed by atoms with Crippen LogP contribution >= 0.6 is 0 Å². The maximum Gasteiger partial charge on any atom is 0.0126 e. The van der Waals surface area contributed by atoms with Crippen molar-refractivity contribution in [3.05, 3.63) is 0 Å². The second-order valence-corrected chi connectivity index (χ2v) is 37.6. The summed E-state index contributed by atoms with van der Waals surface area (Å²) in [4.78, 5) is 29.1. The molecular weight excluding hydrogens is 1510 g/mol. The Bertz CT molecular complexity index is 2160. The van der Waals surface area contributed by atoms with Gasteiger partial charge in [0.2, 0.25) is 0 Å². The van der Waals surface area contributed by atoms with Gasteiger partial charge in [0.15, 0.2) is 0 Å². The van der Waals surface area contributed by atoms with E-state index in [0.717, 1.165) is 419 Å². The van der Waals surface area contributed by atoms with E-state index in [1.807, 2.05) is 0 Å². The van der Waals surface area contributed by atoms with Gasteiger partial charge in [-0.25, -0.2) is 0 Å². The van der Waals surface area contributed by atoms with E-state index in [4.69, 9.17) is 22.9 Å². The summed E-state index contributed by atoms with van der Waals surface area (Å²) in [5.74, 6) is 0. The fourth-order valence-corrected chi connectivity index (χ4v) is 15.0. The van der Waals surface area contributed by atoms with Crippen molar-refractivity contribution >= 4 is 0 Å². The summed E-state index contributed by atoms with van der Waals surface area (Å²) in [6.07, 6.45) is 0. The minimum atomic E-state index is 0.0523. The maximum absolute atomic E-state index is 6.27. The van der Waals surface area contributed by atoms with Gasteiger partial charge in [-0.1, -0.05) is 13.8 Å². The summed E-state index contributed by atoms with van der Waals surface area (Å²) < 4.78 is 0. The molecule has 0 aromatic heterocycles. The van der Waals surface area contributed by atoms with Crippen LogP contribution in [0.25, 0.3) is 0 Å². The maximum atomic E-state index is 6.27. The zero-order chi connectivity index (χ0) is 87.7. The van der Waals surface area contributed by atoms with Crippen molar-refractivity contribution in [3.63, 3.8) is 0 Å². The first-order chi connectivity index (χ1) is 57.9. The van der Waals surface area contributed by atoms with E-state index < -0.39 is 0 Å².